The number of para-hydroxylation sites is 1. The lowest BCUT2D eigenvalue weighted by Gasteiger charge is -2.17. The first-order valence-corrected chi connectivity index (χ1v) is 8.20. The summed E-state index contributed by atoms with van der Waals surface area (Å²) in [6, 6.07) is 17.6. The minimum Gasteiger partial charge on any atom is -0.352 e. The topological polar surface area (TPSA) is 49.4 Å². The Morgan fingerprint density at radius 2 is 1.62 bits per heavy atom. The molecule has 0 spiro atoms. The van der Waals surface area contributed by atoms with Crippen LogP contribution in [-0.4, -0.2) is 18.9 Å². The molecule has 2 aromatic rings. The second-order valence-electron chi connectivity index (χ2n) is 5.90. The average molecular weight is 324 g/mol. The third kappa shape index (κ3) is 5.54. The van der Waals surface area contributed by atoms with Crippen molar-refractivity contribution in [3.63, 3.8) is 0 Å². The minimum atomic E-state index is -0.0225. The predicted octanol–water partition coefficient (Wildman–Crippen LogP) is 3.44. The molecule has 2 amide bonds. The van der Waals surface area contributed by atoms with Gasteiger partial charge in [-0.15, -0.1) is 0 Å². The molecule has 0 aliphatic rings. The molecule has 24 heavy (non-hydrogen) atoms. The van der Waals surface area contributed by atoms with E-state index in [0.717, 1.165) is 11.3 Å². The number of carbonyl (C=O) groups excluding carboxylic acids is 2. The number of nitrogens with one attached hydrogen (secondary N) is 1. The van der Waals surface area contributed by atoms with Gasteiger partial charge in [0.25, 0.3) is 0 Å². The summed E-state index contributed by atoms with van der Waals surface area (Å²) in [6.45, 7) is 2.56. The Balaban J connectivity index is 1.68. The Labute approximate surface area is 143 Å². The van der Waals surface area contributed by atoms with Crippen molar-refractivity contribution in [2.75, 3.05) is 11.9 Å². The SMILES string of the molecule is Cc1ccc(CNC(=O)CCCC(=O)N(C)c2ccccc2)cc1. The van der Waals surface area contributed by atoms with E-state index in [-0.39, 0.29) is 11.8 Å². The van der Waals surface area contributed by atoms with Gasteiger partial charge >= 0.3 is 0 Å². The number of anilines is 1. The van der Waals surface area contributed by atoms with Crippen LogP contribution in [-0.2, 0) is 16.1 Å². The molecule has 2 rings (SSSR count). The van der Waals surface area contributed by atoms with E-state index in [1.54, 1.807) is 11.9 Å². The monoisotopic (exact) mass is 324 g/mol. The smallest absolute Gasteiger partial charge is 0.226 e. The van der Waals surface area contributed by atoms with Crippen LogP contribution in [0.25, 0.3) is 0 Å². The summed E-state index contributed by atoms with van der Waals surface area (Å²) < 4.78 is 0. The van der Waals surface area contributed by atoms with Gasteiger partial charge < -0.3 is 10.2 Å². The second-order valence-corrected chi connectivity index (χ2v) is 5.90. The number of hydrogen-bond acceptors (Lipinski definition) is 2. The van der Waals surface area contributed by atoms with Crippen molar-refractivity contribution in [3.8, 4) is 0 Å². The largest absolute Gasteiger partial charge is 0.352 e. The third-order valence-electron chi connectivity index (χ3n) is 3.92. The molecule has 4 nitrogen and oxygen atoms in total. The Morgan fingerprint density at radius 3 is 2.29 bits per heavy atom. The van der Waals surface area contributed by atoms with Gasteiger partial charge in [-0.25, -0.2) is 0 Å². The Hall–Kier alpha value is -2.62. The Bertz CT molecular complexity index is 666. The van der Waals surface area contributed by atoms with Crippen LogP contribution < -0.4 is 10.2 Å². The molecule has 0 saturated carbocycles. The first kappa shape index (κ1) is 17.7. The zero-order chi connectivity index (χ0) is 17.4. The number of aryl methyl sites for hydroxylation is 1. The molecule has 1 N–H and O–H groups in total. The summed E-state index contributed by atoms with van der Waals surface area (Å²) in [4.78, 5) is 25.6. The standard InChI is InChI=1S/C20H24N2O2/c1-16-11-13-17(14-12-16)15-21-19(23)9-6-10-20(24)22(2)18-7-4-3-5-8-18/h3-5,7-8,11-14H,6,9-10,15H2,1-2H3,(H,21,23). The summed E-state index contributed by atoms with van der Waals surface area (Å²) in [5.41, 5.74) is 3.14. The lowest BCUT2D eigenvalue weighted by Crippen LogP contribution is -2.27. The van der Waals surface area contributed by atoms with Gasteiger partial charge in [0, 0.05) is 32.1 Å². The maximum absolute atomic E-state index is 12.1. The molecule has 0 aromatic heterocycles. The molecular weight excluding hydrogens is 300 g/mol. The maximum Gasteiger partial charge on any atom is 0.226 e. The normalized spacial score (nSPS) is 10.2. The van der Waals surface area contributed by atoms with E-state index >= 15 is 0 Å². The van der Waals surface area contributed by atoms with Crippen LogP contribution in [0, 0.1) is 6.92 Å². The number of rotatable bonds is 7. The first-order valence-electron chi connectivity index (χ1n) is 8.20. The molecule has 0 bridgehead atoms. The van der Waals surface area contributed by atoms with Crippen LogP contribution >= 0.6 is 0 Å². The fraction of sp³-hybridized carbons (Fsp3) is 0.300. The van der Waals surface area contributed by atoms with Crippen LogP contribution in [0.1, 0.15) is 30.4 Å². The lowest BCUT2D eigenvalue weighted by atomic mass is 10.1. The van der Waals surface area contributed by atoms with Gasteiger partial charge in [0.2, 0.25) is 11.8 Å². The molecule has 0 atom stereocenters. The van der Waals surface area contributed by atoms with E-state index in [4.69, 9.17) is 0 Å². The minimum absolute atomic E-state index is 0.0209. The lowest BCUT2D eigenvalue weighted by molar-refractivity contribution is -0.121. The quantitative estimate of drug-likeness (QED) is 0.848. The Kier molecular flexibility index (Phi) is 6.55. The number of hydrogen-bond donors (Lipinski definition) is 1. The van der Waals surface area contributed by atoms with Gasteiger partial charge in [0.15, 0.2) is 0 Å². The van der Waals surface area contributed by atoms with Gasteiger partial charge in [0.05, 0.1) is 0 Å². The highest BCUT2D eigenvalue weighted by Gasteiger charge is 2.11. The molecule has 0 aliphatic heterocycles. The van der Waals surface area contributed by atoms with E-state index in [1.807, 2.05) is 61.5 Å². The van der Waals surface area contributed by atoms with Crippen LogP contribution in [0.3, 0.4) is 0 Å². The van der Waals surface area contributed by atoms with Gasteiger partial charge in [0.1, 0.15) is 0 Å². The summed E-state index contributed by atoms with van der Waals surface area (Å²) in [5.74, 6) is -0.00160. The van der Waals surface area contributed by atoms with E-state index < -0.39 is 0 Å². The van der Waals surface area contributed by atoms with E-state index in [9.17, 15) is 9.59 Å². The van der Waals surface area contributed by atoms with Crippen molar-refractivity contribution in [2.45, 2.75) is 32.7 Å². The molecule has 0 heterocycles. The Morgan fingerprint density at radius 1 is 0.958 bits per heavy atom. The van der Waals surface area contributed by atoms with Crippen LogP contribution in [0.5, 0.6) is 0 Å². The highest BCUT2D eigenvalue weighted by Crippen LogP contribution is 2.13. The predicted molar refractivity (Wildman–Crippen MR) is 96.7 cm³/mol. The fourth-order valence-electron chi connectivity index (χ4n) is 2.36. The second kappa shape index (κ2) is 8.87. The highest BCUT2D eigenvalue weighted by atomic mass is 16.2. The molecular formula is C20H24N2O2. The molecule has 4 heteroatoms. The van der Waals surface area contributed by atoms with Crippen LogP contribution in [0.15, 0.2) is 54.6 Å². The first-order chi connectivity index (χ1) is 11.6. The van der Waals surface area contributed by atoms with Crippen LogP contribution in [0.4, 0.5) is 5.69 Å². The van der Waals surface area contributed by atoms with Gasteiger partial charge in [-0.3, -0.25) is 9.59 Å². The average Bonchev–Trinajstić information content (AvgIpc) is 2.61. The van der Waals surface area contributed by atoms with Gasteiger partial charge in [-0.1, -0.05) is 48.0 Å². The molecule has 0 radical (unpaired) electrons. The maximum atomic E-state index is 12.1. The molecule has 0 unspecified atom stereocenters. The molecule has 0 aliphatic carbocycles. The molecule has 0 saturated heterocycles. The number of carbonyl (C=O) groups is 2. The van der Waals surface area contributed by atoms with Crippen LogP contribution in [0.2, 0.25) is 0 Å². The summed E-state index contributed by atoms with van der Waals surface area (Å²) in [6.07, 6.45) is 1.28. The van der Waals surface area contributed by atoms with Crippen molar-refractivity contribution in [3.05, 3.63) is 65.7 Å². The van der Waals surface area contributed by atoms with Crippen molar-refractivity contribution in [1.29, 1.82) is 0 Å². The zero-order valence-corrected chi connectivity index (χ0v) is 14.3. The van der Waals surface area contributed by atoms with Crippen molar-refractivity contribution >= 4 is 17.5 Å². The van der Waals surface area contributed by atoms with Crippen molar-refractivity contribution < 1.29 is 9.59 Å². The summed E-state index contributed by atoms with van der Waals surface area (Å²) in [7, 11) is 1.76. The highest BCUT2D eigenvalue weighted by molar-refractivity contribution is 5.92. The van der Waals surface area contributed by atoms with Gasteiger partial charge in [-0.05, 0) is 31.0 Å². The van der Waals surface area contributed by atoms with Gasteiger partial charge in [-0.2, -0.15) is 0 Å². The molecule has 126 valence electrons. The molecule has 0 fully saturated rings. The number of benzene rings is 2. The van der Waals surface area contributed by atoms with E-state index in [0.29, 0.717) is 25.8 Å². The fourth-order valence-corrected chi connectivity index (χ4v) is 2.36. The zero-order valence-electron chi connectivity index (χ0n) is 14.3. The van der Waals surface area contributed by atoms with E-state index in [1.165, 1.54) is 5.56 Å². The summed E-state index contributed by atoms with van der Waals surface area (Å²) >= 11 is 0. The van der Waals surface area contributed by atoms with Crippen molar-refractivity contribution in [1.82, 2.24) is 5.32 Å². The third-order valence-corrected chi connectivity index (χ3v) is 3.92. The number of amides is 2. The number of nitrogens with zero attached hydrogens (tertiary/aromatic N) is 1. The van der Waals surface area contributed by atoms with Crippen molar-refractivity contribution in [2.24, 2.45) is 0 Å². The van der Waals surface area contributed by atoms with E-state index in [2.05, 4.69) is 5.32 Å². The summed E-state index contributed by atoms with van der Waals surface area (Å²) in [5, 5.41) is 2.89. The molecule has 2 aromatic carbocycles.